The van der Waals surface area contributed by atoms with E-state index in [1.807, 2.05) is 6.07 Å². The highest BCUT2D eigenvalue weighted by molar-refractivity contribution is 5.88. The van der Waals surface area contributed by atoms with Gasteiger partial charge in [0.2, 0.25) is 0 Å². The molecule has 2 aromatic carbocycles. The van der Waals surface area contributed by atoms with E-state index in [2.05, 4.69) is 5.32 Å². The Morgan fingerprint density at radius 2 is 1.70 bits per heavy atom. The second kappa shape index (κ2) is 6.47. The lowest BCUT2D eigenvalue weighted by molar-refractivity contribution is 0.215. The van der Waals surface area contributed by atoms with Gasteiger partial charge in [0.25, 0.3) is 0 Å². The standard InChI is InChI=1S/C15H15NO4/c1-18-12-8-9-14(19-2)13(10-12)16-15(17)20-11-6-4-3-5-7-11/h3-10H,1-2H3,(H,16,17). The van der Waals surface area contributed by atoms with E-state index in [1.54, 1.807) is 49.6 Å². The number of rotatable bonds is 4. The van der Waals surface area contributed by atoms with Crippen molar-refractivity contribution in [2.45, 2.75) is 0 Å². The minimum atomic E-state index is -0.595. The van der Waals surface area contributed by atoms with Crippen LogP contribution in [0.3, 0.4) is 0 Å². The van der Waals surface area contributed by atoms with Gasteiger partial charge in [-0.3, -0.25) is 5.32 Å². The zero-order valence-electron chi connectivity index (χ0n) is 11.3. The van der Waals surface area contributed by atoms with Crippen molar-refractivity contribution in [2.75, 3.05) is 19.5 Å². The summed E-state index contributed by atoms with van der Waals surface area (Å²) >= 11 is 0. The third kappa shape index (κ3) is 3.41. The van der Waals surface area contributed by atoms with Gasteiger partial charge in [-0.2, -0.15) is 0 Å². The zero-order chi connectivity index (χ0) is 14.4. The molecule has 5 nitrogen and oxygen atoms in total. The first kappa shape index (κ1) is 13.7. The Bertz CT molecular complexity index is 584. The Morgan fingerprint density at radius 1 is 0.950 bits per heavy atom. The molecule has 1 N–H and O–H groups in total. The van der Waals surface area contributed by atoms with Crippen LogP contribution in [0.1, 0.15) is 0 Å². The van der Waals surface area contributed by atoms with E-state index in [0.29, 0.717) is 22.9 Å². The van der Waals surface area contributed by atoms with Gasteiger partial charge in [-0.15, -0.1) is 0 Å². The number of benzene rings is 2. The van der Waals surface area contributed by atoms with E-state index in [0.717, 1.165) is 0 Å². The van der Waals surface area contributed by atoms with Crippen molar-refractivity contribution >= 4 is 11.8 Å². The number of hydrogen-bond acceptors (Lipinski definition) is 4. The molecule has 0 unspecified atom stereocenters. The Kier molecular flexibility index (Phi) is 4.44. The predicted molar refractivity (Wildman–Crippen MR) is 75.6 cm³/mol. The van der Waals surface area contributed by atoms with Gasteiger partial charge in [-0.1, -0.05) is 18.2 Å². The van der Waals surface area contributed by atoms with Gasteiger partial charge in [0.15, 0.2) is 0 Å². The maximum Gasteiger partial charge on any atom is 0.417 e. The molecule has 0 aliphatic carbocycles. The Labute approximate surface area is 117 Å². The number of carbonyl (C=O) groups excluding carboxylic acids is 1. The summed E-state index contributed by atoms with van der Waals surface area (Å²) in [5, 5.41) is 2.62. The summed E-state index contributed by atoms with van der Waals surface area (Å²) in [7, 11) is 3.07. The van der Waals surface area contributed by atoms with Gasteiger partial charge in [-0.25, -0.2) is 4.79 Å². The molecule has 2 rings (SSSR count). The van der Waals surface area contributed by atoms with Crippen molar-refractivity contribution in [1.29, 1.82) is 0 Å². The fourth-order valence-electron chi connectivity index (χ4n) is 1.64. The van der Waals surface area contributed by atoms with E-state index in [9.17, 15) is 4.79 Å². The predicted octanol–water partition coefficient (Wildman–Crippen LogP) is 3.31. The minimum absolute atomic E-state index is 0.465. The Morgan fingerprint density at radius 3 is 2.35 bits per heavy atom. The highest BCUT2D eigenvalue weighted by Gasteiger charge is 2.10. The summed E-state index contributed by atoms with van der Waals surface area (Å²) in [5.74, 6) is 1.60. The average molecular weight is 273 g/mol. The number of methoxy groups -OCH3 is 2. The number of hydrogen-bond donors (Lipinski definition) is 1. The Balaban J connectivity index is 2.10. The second-order valence-corrected chi connectivity index (χ2v) is 3.89. The fraction of sp³-hybridized carbons (Fsp3) is 0.133. The van der Waals surface area contributed by atoms with Crippen LogP contribution in [-0.4, -0.2) is 20.3 Å². The normalized spacial score (nSPS) is 9.70. The molecule has 0 saturated heterocycles. The van der Waals surface area contributed by atoms with E-state index in [-0.39, 0.29) is 0 Å². The third-order valence-corrected chi connectivity index (χ3v) is 2.60. The molecule has 1 amide bonds. The summed E-state index contributed by atoms with van der Waals surface area (Å²) in [5.41, 5.74) is 0.479. The van der Waals surface area contributed by atoms with Crippen LogP contribution < -0.4 is 19.5 Å². The third-order valence-electron chi connectivity index (χ3n) is 2.60. The molecule has 2 aromatic rings. The van der Waals surface area contributed by atoms with Gasteiger partial charge < -0.3 is 14.2 Å². The van der Waals surface area contributed by atoms with Gasteiger partial charge in [0.05, 0.1) is 19.9 Å². The lowest BCUT2D eigenvalue weighted by atomic mass is 10.2. The zero-order valence-corrected chi connectivity index (χ0v) is 11.3. The topological polar surface area (TPSA) is 56.8 Å². The summed E-state index contributed by atoms with van der Waals surface area (Å²) in [6.07, 6.45) is -0.595. The molecule has 0 atom stereocenters. The summed E-state index contributed by atoms with van der Waals surface area (Å²) in [4.78, 5) is 11.8. The van der Waals surface area contributed by atoms with Crippen LogP contribution in [0.25, 0.3) is 0 Å². The van der Waals surface area contributed by atoms with Crippen LogP contribution in [-0.2, 0) is 0 Å². The van der Waals surface area contributed by atoms with Crippen molar-refractivity contribution in [1.82, 2.24) is 0 Å². The molecular weight excluding hydrogens is 258 g/mol. The SMILES string of the molecule is COc1ccc(OC)c(NC(=O)Oc2ccccc2)c1. The number of anilines is 1. The summed E-state index contributed by atoms with van der Waals surface area (Å²) in [6.45, 7) is 0. The molecule has 20 heavy (non-hydrogen) atoms. The van der Waals surface area contributed by atoms with E-state index in [1.165, 1.54) is 7.11 Å². The first-order chi connectivity index (χ1) is 9.72. The van der Waals surface area contributed by atoms with Crippen LogP contribution in [0.4, 0.5) is 10.5 Å². The maximum atomic E-state index is 11.8. The van der Waals surface area contributed by atoms with Crippen LogP contribution in [0.15, 0.2) is 48.5 Å². The maximum absolute atomic E-state index is 11.8. The molecule has 0 saturated carbocycles. The van der Waals surface area contributed by atoms with Crippen LogP contribution in [0, 0.1) is 0 Å². The first-order valence-electron chi connectivity index (χ1n) is 5.99. The van der Waals surface area contributed by atoms with Crippen molar-refractivity contribution in [3.8, 4) is 17.2 Å². The molecule has 0 aliphatic heterocycles. The fourth-order valence-corrected chi connectivity index (χ4v) is 1.64. The average Bonchev–Trinajstić information content (AvgIpc) is 2.48. The Hall–Kier alpha value is -2.69. The van der Waals surface area contributed by atoms with Gasteiger partial charge in [0.1, 0.15) is 17.2 Å². The van der Waals surface area contributed by atoms with Crippen molar-refractivity contribution in [3.05, 3.63) is 48.5 Å². The van der Waals surface area contributed by atoms with Gasteiger partial charge in [0, 0.05) is 6.07 Å². The molecule has 5 heteroatoms. The van der Waals surface area contributed by atoms with Gasteiger partial charge >= 0.3 is 6.09 Å². The molecule has 0 aromatic heterocycles. The largest absolute Gasteiger partial charge is 0.497 e. The summed E-state index contributed by atoms with van der Waals surface area (Å²) < 4.78 is 15.4. The molecular formula is C15H15NO4. The monoisotopic (exact) mass is 273 g/mol. The van der Waals surface area contributed by atoms with Gasteiger partial charge in [-0.05, 0) is 24.3 Å². The molecule has 0 fully saturated rings. The van der Waals surface area contributed by atoms with E-state index < -0.39 is 6.09 Å². The quantitative estimate of drug-likeness (QED) is 0.928. The van der Waals surface area contributed by atoms with E-state index >= 15 is 0 Å². The highest BCUT2D eigenvalue weighted by atomic mass is 16.6. The number of carbonyl (C=O) groups is 1. The van der Waals surface area contributed by atoms with Crippen molar-refractivity contribution in [2.24, 2.45) is 0 Å². The van der Waals surface area contributed by atoms with Crippen molar-refractivity contribution in [3.63, 3.8) is 0 Å². The lowest BCUT2D eigenvalue weighted by Crippen LogP contribution is -2.17. The molecule has 104 valence electrons. The minimum Gasteiger partial charge on any atom is -0.497 e. The number of para-hydroxylation sites is 1. The number of ether oxygens (including phenoxy) is 3. The molecule has 0 aliphatic rings. The summed E-state index contributed by atoms with van der Waals surface area (Å²) in [6, 6.07) is 13.9. The van der Waals surface area contributed by atoms with Crippen LogP contribution >= 0.6 is 0 Å². The van der Waals surface area contributed by atoms with Crippen LogP contribution in [0.2, 0.25) is 0 Å². The first-order valence-corrected chi connectivity index (χ1v) is 5.99. The molecule has 0 bridgehead atoms. The molecule has 0 radical (unpaired) electrons. The number of nitrogens with one attached hydrogen (secondary N) is 1. The number of amides is 1. The van der Waals surface area contributed by atoms with E-state index in [4.69, 9.17) is 14.2 Å². The highest BCUT2D eigenvalue weighted by Crippen LogP contribution is 2.29. The van der Waals surface area contributed by atoms with Crippen LogP contribution in [0.5, 0.6) is 17.2 Å². The molecule has 0 heterocycles. The van der Waals surface area contributed by atoms with Crippen molar-refractivity contribution < 1.29 is 19.0 Å². The smallest absolute Gasteiger partial charge is 0.417 e. The lowest BCUT2D eigenvalue weighted by Gasteiger charge is -2.11. The molecule has 0 spiro atoms. The second-order valence-electron chi connectivity index (χ2n) is 3.89.